The van der Waals surface area contributed by atoms with E-state index in [0.717, 1.165) is 47.0 Å². The van der Waals surface area contributed by atoms with Crippen LogP contribution in [0.25, 0.3) is 0 Å². The van der Waals surface area contributed by atoms with Crippen molar-refractivity contribution in [2.24, 2.45) is 5.73 Å². The standard InChI is InChI=1S/C18H17BrClN3O2S2/c19-9-6-7-12(20)11(8-9)16(25)22-18(26)23-17-14(15(21)24)10-4-2-1-3-5-13(10)27-17/h6-8H,1-5H2,(H2,21,24)(H2,22,23,25,26). The van der Waals surface area contributed by atoms with Crippen LogP contribution in [-0.4, -0.2) is 16.9 Å². The van der Waals surface area contributed by atoms with Gasteiger partial charge < -0.3 is 11.1 Å². The molecule has 0 fully saturated rings. The number of amides is 2. The summed E-state index contributed by atoms with van der Waals surface area (Å²) in [5, 5.41) is 6.56. The van der Waals surface area contributed by atoms with Crippen molar-refractivity contribution in [2.75, 3.05) is 5.32 Å². The number of fused-ring (bicyclic) bond motifs is 1. The van der Waals surface area contributed by atoms with Gasteiger partial charge >= 0.3 is 0 Å². The van der Waals surface area contributed by atoms with E-state index in [4.69, 9.17) is 29.6 Å². The Morgan fingerprint density at radius 3 is 2.70 bits per heavy atom. The summed E-state index contributed by atoms with van der Waals surface area (Å²) in [6.07, 6.45) is 5.03. The Balaban J connectivity index is 1.79. The van der Waals surface area contributed by atoms with E-state index >= 15 is 0 Å². The summed E-state index contributed by atoms with van der Waals surface area (Å²) in [5.41, 5.74) is 7.40. The third-order valence-electron chi connectivity index (χ3n) is 4.29. The van der Waals surface area contributed by atoms with Gasteiger partial charge in [0.15, 0.2) is 5.11 Å². The van der Waals surface area contributed by atoms with Gasteiger partial charge in [0.05, 0.1) is 16.1 Å². The minimum absolute atomic E-state index is 0.0925. The Kier molecular flexibility index (Phi) is 6.52. The van der Waals surface area contributed by atoms with Gasteiger partial charge in [-0.15, -0.1) is 11.3 Å². The fraction of sp³-hybridized carbons (Fsp3) is 0.278. The minimum Gasteiger partial charge on any atom is -0.365 e. The van der Waals surface area contributed by atoms with Gasteiger partial charge in [-0.3, -0.25) is 14.9 Å². The molecule has 0 atom stereocenters. The van der Waals surface area contributed by atoms with Gasteiger partial charge in [-0.1, -0.05) is 34.0 Å². The zero-order chi connectivity index (χ0) is 19.6. The van der Waals surface area contributed by atoms with Gasteiger partial charge in [0, 0.05) is 9.35 Å². The van der Waals surface area contributed by atoms with Gasteiger partial charge in [0.2, 0.25) is 0 Å². The van der Waals surface area contributed by atoms with E-state index in [-0.39, 0.29) is 5.11 Å². The first-order chi connectivity index (χ1) is 12.9. The molecule has 27 heavy (non-hydrogen) atoms. The Morgan fingerprint density at radius 2 is 1.96 bits per heavy atom. The number of carbonyl (C=O) groups excluding carboxylic acids is 2. The zero-order valence-corrected chi connectivity index (χ0v) is 18.2. The van der Waals surface area contributed by atoms with E-state index in [1.54, 1.807) is 18.2 Å². The first kappa shape index (κ1) is 20.3. The van der Waals surface area contributed by atoms with Crippen molar-refractivity contribution < 1.29 is 9.59 Å². The number of hydrogen-bond donors (Lipinski definition) is 3. The summed E-state index contributed by atoms with van der Waals surface area (Å²) in [6.45, 7) is 0. The first-order valence-electron chi connectivity index (χ1n) is 8.38. The highest BCUT2D eigenvalue weighted by atomic mass is 79.9. The predicted molar refractivity (Wildman–Crippen MR) is 117 cm³/mol. The van der Waals surface area contributed by atoms with Gasteiger partial charge in [0.1, 0.15) is 5.00 Å². The van der Waals surface area contributed by atoms with Gasteiger partial charge in [-0.25, -0.2) is 0 Å². The second-order valence-corrected chi connectivity index (χ2v) is 9.00. The fourth-order valence-corrected chi connectivity index (χ4v) is 5.19. The van der Waals surface area contributed by atoms with Crippen molar-refractivity contribution in [3.05, 3.63) is 49.3 Å². The van der Waals surface area contributed by atoms with Crippen molar-refractivity contribution in [1.29, 1.82) is 0 Å². The molecule has 1 heterocycles. The highest BCUT2D eigenvalue weighted by Crippen LogP contribution is 2.37. The molecule has 1 aliphatic rings. The molecule has 0 radical (unpaired) electrons. The van der Waals surface area contributed by atoms with Crippen molar-refractivity contribution in [1.82, 2.24) is 5.32 Å². The van der Waals surface area contributed by atoms with Crippen molar-refractivity contribution in [3.8, 4) is 0 Å². The van der Waals surface area contributed by atoms with Crippen LogP contribution in [0.15, 0.2) is 22.7 Å². The summed E-state index contributed by atoms with van der Waals surface area (Å²) >= 11 is 16.1. The molecule has 142 valence electrons. The molecule has 0 saturated heterocycles. The third-order valence-corrected chi connectivity index (χ3v) is 6.53. The van der Waals surface area contributed by atoms with E-state index in [9.17, 15) is 9.59 Å². The molecule has 2 aromatic rings. The first-order valence-corrected chi connectivity index (χ1v) is 10.8. The molecule has 1 aromatic heterocycles. The van der Waals surface area contributed by atoms with E-state index in [2.05, 4.69) is 26.6 Å². The lowest BCUT2D eigenvalue weighted by atomic mass is 10.1. The maximum absolute atomic E-state index is 12.4. The van der Waals surface area contributed by atoms with E-state index < -0.39 is 11.8 Å². The highest BCUT2D eigenvalue weighted by molar-refractivity contribution is 9.10. The number of primary amides is 1. The topological polar surface area (TPSA) is 84.2 Å². The molecule has 1 aliphatic carbocycles. The van der Waals surface area contributed by atoms with Gasteiger partial charge in [-0.2, -0.15) is 0 Å². The molecule has 4 N–H and O–H groups in total. The number of thiocarbonyl (C=S) groups is 1. The molecule has 0 unspecified atom stereocenters. The summed E-state index contributed by atoms with van der Waals surface area (Å²) in [7, 11) is 0. The van der Waals surface area contributed by atoms with Crippen LogP contribution in [0.4, 0.5) is 5.00 Å². The van der Waals surface area contributed by atoms with Gasteiger partial charge in [-0.05, 0) is 61.7 Å². The second-order valence-electron chi connectivity index (χ2n) is 6.17. The molecule has 0 bridgehead atoms. The number of nitrogens with one attached hydrogen (secondary N) is 2. The number of nitrogens with two attached hydrogens (primary N) is 1. The van der Waals surface area contributed by atoms with Crippen molar-refractivity contribution >= 4 is 73.0 Å². The van der Waals surface area contributed by atoms with Crippen LogP contribution in [-0.2, 0) is 12.8 Å². The maximum Gasteiger partial charge on any atom is 0.258 e. The molecule has 0 aliphatic heterocycles. The molecule has 9 heteroatoms. The molecule has 2 amide bonds. The number of anilines is 1. The van der Waals surface area contributed by atoms with Crippen LogP contribution in [0.5, 0.6) is 0 Å². The van der Waals surface area contributed by atoms with E-state index in [1.165, 1.54) is 11.3 Å². The van der Waals surface area contributed by atoms with Crippen LogP contribution < -0.4 is 16.4 Å². The van der Waals surface area contributed by atoms with E-state index in [0.29, 0.717) is 21.2 Å². The molecule has 3 rings (SSSR count). The van der Waals surface area contributed by atoms with E-state index in [1.807, 2.05) is 0 Å². The average molecular weight is 487 g/mol. The Hall–Kier alpha value is -1.48. The number of hydrogen-bond acceptors (Lipinski definition) is 4. The molecule has 0 saturated carbocycles. The lowest BCUT2D eigenvalue weighted by Gasteiger charge is -2.11. The largest absolute Gasteiger partial charge is 0.365 e. The quantitative estimate of drug-likeness (QED) is 0.435. The lowest BCUT2D eigenvalue weighted by Crippen LogP contribution is -2.34. The molecular weight excluding hydrogens is 470 g/mol. The molecular formula is C18H17BrClN3O2S2. The Labute approximate surface area is 179 Å². The summed E-state index contributed by atoms with van der Waals surface area (Å²) in [6, 6.07) is 4.98. The van der Waals surface area contributed by atoms with Crippen LogP contribution in [0.3, 0.4) is 0 Å². The smallest absolute Gasteiger partial charge is 0.258 e. The fourth-order valence-electron chi connectivity index (χ4n) is 3.07. The predicted octanol–water partition coefficient (Wildman–Crippen LogP) is 4.66. The van der Waals surface area contributed by atoms with Crippen LogP contribution in [0.2, 0.25) is 5.02 Å². The zero-order valence-electron chi connectivity index (χ0n) is 14.2. The summed E-state index contributed by atoms with van der Waals surface area (Å²) in [5.74, 6) is -0.918. The Bertz CT molecular complexity index is 930. The SMILES string of the molecule is NC(=O)c1c(NC(=S)NC(=O)c2cc(Br)ccc2Cl)sc2c1CCCCC2. The number of aryl methyl sites for hydroxylation is 1. The minimum atomic E-state index is -0.485. The highest BCUT2D eigenvalue weighted by Gasteiger charge is 2.24. The molecule has 5 nitrogen and oxygen atoms in total. The summed E-state index contributed by atoms with van der Waals surface area (Å²) < 4.78 is 0.730. The normalized spacial score (nSPS) is 13.4. The number of rotatable bonds is 3. The lowest BCUT2D eigenvalue weighted by molar-refractivity contribution is 0.0975. The van der Waals surface area contributed by atoms with Crippen molar-refractivity contribution in [2.45, 2.75) is 32.1 Å². The molecule has 0 spiro atoms. The maximum atomic E-state index is 12.4. The average Bonchev–Trinajstić information content (AvgIpc) is 2.78. The van der Waals surface area contributed by atoms with Crippen LogP contribution in [0.1, 0.15) is 50.4 Å². The van der Waals surface area contributed by atoms with Crippen molar-refractivity contribution in [3.63, 3.8) is 0 Å². The Morgan fingerprint density at radius 1 is 1.22 bits per heavy atom. The van der Waals surface area contributed by atoms with Crippen LogP contribution in [0, 0.1) is 0 Å². The monoisotopic (exact) mass is 485 g/mol. The number of benzene rings is 1. The van der Waals surface area contributed by atoms with Gasteiger partial charge in [0.25, 0.3) is 11.8 Å². The number of thiophene rings is 1. The third kappa shape index (κ3) is 4.68. The second kappa shape index (κ2) is 8.68. The van der Waals surface area contributed by atoms with Crippen LogP contribution >= 0.6 is 51.1 Å². The number of halogens is 2. The summed E-state index contributed by atoms with van der Waals surface area (Å²) in [4.78, 5) is 25.6. The molecule has 1 aromatic carbocycles. The number of carbonyl (C=O) groups is 2.